The van der Waals surface area contributed by atoms with Gasteiger partial charge in [-0.3, -0.25) is 0 Å². The fourth-order valence-corrected chi connectivity index (χ4v) is 5.04. The first-order valence-corrected chi connectivity index (χ1v) is 12.8. The van der Waals surface area contributed by atoms with Gasteiger partial charge in [0.1, 0.15) is 5.75 Å². The summed E-state index contributed by atoms with van der Waals surface area (Å²) in [7, 11) is 0. The van der Waals surface area contributed by atoms with Crippen LogP contribution in [0.1, 0.15) is 65.5 Å². The van der Waals surface area contributed by atoms with Gasteiger partial charge < -0.3 is 9.47 Å². The molecule has 0 spiro atoms. The largest absolute Gasteiger partial charge is 0.464 e. The molecule has 0 bridgehead atoms. The van der Waals surface area contributed by atoms with Gasteiger partial charge >= 0.3 is 0 Å². The fourth-order valence-electron chi connectivity index (χ4n) is 5.04. The van der Waals surface area contributed by atoms with Crippen LogP contribution in [0, 0.1) is 0 Å². The van der Waals surface area contributed by atoms with Gasteiger partial charge in [-0.2, -0.15) is 0 Å². The van der Waals surface area contributed by atoms with E-state index in [1.807, 2.05) is 0 Å². The van der Waals surface area contributed by atoms with E-state index in [1.165, 1.54) is 33.4 Å². The third-order valence-electron chi connectivity index (χ3n) is 7.26. The molecule has 1 aliphatic rings. The zero-order valence-electron chi connectivity index (χ0n) is 20.7. The molecule has 1 aliphatic carbocycles. The van der Waals surface area contributed by atoms with Crippen LogP contribution in [0.2, 0.25) is 0 Å². The average molecular weight is 463 g/mol. The van der Waals surface area contributed by atoms with Crippen molar-refractivity contribution in [2.75, 3.05) is 6.61 Å². The number of ether oxygens (including phenoxy) is 2. The Morgan fingerprint density at radius 1 is 0.743 bits per heavy atom. The van der Waals surface area contributed by atoms with Gasteiger partial charge in [-0.15, -0.1) is 0 Å². The molecule has 0 radical (unpaired) electrons. The molecular formula is C33H34O2. The summed E-state index contributed by atoms with van der Waals surface area (Å²) in [6, 6.07) is 36.5. The lowest BCUT2D eigenvalue weighted by atomic mass is 9.77. The van der Waals surface area contributed by atoms with Crippen molar-refractivity contribution in [1.82, 2.24) is 0 Å². The first kappa shape index (κ1) is 23.4. The van der Waals surface area contributed by atoms with E-state index < -0.39 is 6.29 Å². The molecule has 178 valence electrons. The molecule has 4 aromatic rings. The van der Waals surface area contributed by atoms with Crippen molar-refractivity contribution in [2.45, 2.75) is 51.2 Å². The van der Waals surface area contributed by atoms with Gasteiger partial charge in [0.05, 0.1) is 12.5 Å². The number of fused-ring (bicyclic) bond motifs is 2. The Bertz CT molecular complexity index is 1180. The molecule has 35 heavy (non-hydrogen) atoms. The Kier molecular flexibility index (Phi) is 7.30. The molecule has 2 heteroatoms. The third-order valence-corrected chi connectivity index (χ3v) is 7.26. The van der Waals surface area contributed by atoms with Crippen LogP contribution in [0.5, 0.6) is 5.75 Å². The second-order valence-corrected chi connectivity index (χ2v) is 9.52. The first-order valence-electron chi connectivity index (χ1n) is 12.8. The summed E-state index contributed by atoms with van der Waals surface area (Å²) in [4.78, 5) is 0. The highest BCUT2D eigenvalue weighted by molar-refractivity contribution is 5.49. The lowest BCUT2D eigenvalue weighted by Gasteiger charge is -2.34. The lowest BCUT2D eigenvalue weighted by Crippen LogP contribution is -2.33. The molecule has 2 unspecified atom stereocenters. The maximum Gasteiger partial charge on any atom is 0.210 e. The van der Waals surface area contributed by atoms with Crippen molar-refractivity contribution in [3.8, 4) is 5.75 Å². The predicted octanol–water partition coefficient (Wildman–Crippen LogP) is 7.90. The van der Waals surface area contributed by atoms with Crippen LogP contribution < -0.4 is 4.74 Å². The highest BCUT2D eigenvalue weighted by Gasteiger charge is 2.34. The van der Waals surface area contributed by atoms with E-state index in [1.54, 1.807) is 0 Å². The van der Waals surface area contributed by atoms with E-state index in [4.69, 9.17) is 9.47 Å². The summed E-state index contributed by atoms with van der Waals surface area (Å²) in [5.74, 6) is 1.41. The van der Waals surface area contributed by atoms with E-state index in [0.717, 1.165) is 25.0 Å². The van der Waals surface area contributed by atoms with Crippen molar-refractivity contribution in [2.24, 2.45) is 0 Å². The van der Waals surface area contributed by atoms with Crippen LogP contribution in [0.25, 0.3) is 0 Å². The van der Waals surface area contributed by atoms with Crippen molar-refractivity contribution in [3.63, 3.8) is 0 Å². The maximum atomic E-state index is 6.65. The molecule has 0 heterocycles. The molecule has 2 nitrogen and oxygen atoms in total. The SMILES string of the molecule is CCC(C)c1ccc(OC(OCCc2ccccc2)C2c3ccccc3Cc3ccccc32)cc1. The molecule has 0 N–H and O–H groups in total. The van der Waals surface area contributed by atoms with Crippen LogP contribution in [-0.2, 0) is 17.6 Å². The Hall–Kier alpha value is -3.36. The quantitative estimate of drug-likeness (QED) is 0.235. The molecule has 0 aromatic heterocycles. The van der Waals surface area contributed by atoms with E-state index in [-0.39, 0.29) is 5.92 Å². The van der Waals surface area contributed by atoms with Gasteiger partial charge in [0.2, 0.25) is 6.29 Å². The monoisotopic (exact) mass is 462 g/mol. The smallest absolute Gasteiger partial charge is 0.210 e. The molecule has 0 saturated carbocycles. The number of benzene rings is 4. The van der Waals surface area contributed by atoms with Gasteiger partial charge in [-0.05, 0) is 70.7 Å². The normalized spacial score (nSPS) is 14.6. The zero-order valence-corrected chi connectivity index (χ0v) is 20.7. The summed E-state index contributed by atoms with van der Waals surface area (Å²) in [5.41, 5.74) is 7.91. The van der Waals surface area contributed by atoms with Gasteiger partial charge in [0.25, 0.3) is 0 Å². The summed E-state index contributed by atoms with van der Waals surface area (Å²) < 4.78 is 13.2. The Morgan fingerprint density at radius 2 is 1.34 bits per heavy atom. The minimum absolute atomic E-state index is 0.0150. The predicted molar refractivity (Wildman–Crippen MR) is 143 cm³/mol. The van der Waals surface area contributed by atoms with E-state index in [2.05, 4.69) is 117 Å². The van der Waals surface area contributed by atoms with Crippen LogP contribution >= 0.6 is 0 Å². The number of hydrogen-bond donors (Lipinski definition) is 0. The van der Waals surface area contributed by atoms with Gasteiger partial charge in [0, 0.05) is 0 Å². The van der Waals surface area contributed by atoms with Crippen molar-refractivity contribution in [1.29, 1.82) is 0 Å². The van der Waals surface area contributed by atoms with Crippen molar-refractivity contribution < 1.29 is 9.47 Å². The maximum absolute atomic E-state index is 6.65. The number of rotatable bonds is 9. The highest BCUT2D eigenvalue weighted by Crippen LogP contribution is 2.40. The van der Waals surface area contributed by atoms with Crippen molar-refractivity contribution >= 4 is 0 Å². The Morgan fingerprint density at radius 3 is 1.97 bits per heavy atom. The van der Waals surface area contributed by atoms with Crippen LogP contribution in [0.3, 0.4) is 0 Å². The summed E-state index contributed by atoms with van der Waals surface area (Å²) >= 11 is 0. The van der Waals surface area contributed by atoms with Gasteiger partial charge in [0.15, 0.2) is 0 Å². The van der Waals surface area contributed by atoms with Gasteiger partial charge in [-0.25, -0.2) is 0 Å². The molecular weight excluding hydrogens is 428 g/mol. The average Bonchev–Trinajstić information content (AvgIpc) is 2.92. The molecule has 5 rings (SSSR count). The topological polar surface area (TPSA) is 18.5 Å². The zero-order chi connectivity index (χ0) is 24.0. The molecule has 0 saturated heterocycles. The van der Waals surface area contributed by atoms with Crippen LogP contribution in [-0.4, -0.2) is 12.9 Å². The summed E-state index contributed by atoms with van der Waals surface area (Å²) in [6.07, 6.45) is 2.50. The summed E-state index contributed by atoms with van der Waals surface area (Å²) in [5, 5.41) is 0. The second kappa shape index (κ2) is 10.9. The first-order chi connectivity index (χ1) is 17.2. The highest BCUT2D eigenvalue weighted by atomic mass is 16.7. The minimum Gasteiger partial charge on any atom is -0.464 e. The van der Waals surface area contributed by atoms with Crippen molar-refractivity contribution in [3.05, 3.63) is 137 Å². The van der Waals surface area contributed by atoms with E-state index in [0.29, 0.717) is 12.5 Å². The van der Waals surface area contributed by atoms with Crippen LogP contribution in [0.4, 0.5) is 0 Å². The van der Waals surface area contributed by atoms with Crippen LogP contribution in [0.15, 0.2) is 103 Å². The van der Waals surface area contributed by atoms with Gasteiger partial charge in [-0.1, -0.05) is 105 Å². The molecule has 4 aromatic carbocycles. The summed E-state index contributed by atoms with van der Waals surface area (Å²) in [6.45, 7) is 5.09. The van der Waals surface area contributed by atoms with E-state index >= 15 is 0 Å². The molecule has 0 aliphatic heterocycles. The standard InChI is InChI=1S/C33H34O2/c1-3-24(2)26-17-19-29(20-18-26)35-33(34-22-21-25-11-5-4-6-12-25)32-30-15-9-7-13-27(30)23-28-14-8-10-16-31(28)32/h4-20,24,32-33H,3,21-23H2,1-2H3. The third kappa shape index (κ3) is 5.33. The Balaban J connectivity index is 1.46. The molecule has 0 fully saturated rings. The second-order valence-electron chi connectivity index (χ2n) is 9.52. The minimum atomic E-state index is -0.421. The Labute approximate surface area is 209 Å². The van der Waals surface area contributed by atoms with E-state index in [9.17, 15) is 0 Å². The lowest BCUT2D eigenvalue weighted by molar-refractivity contribution is -0.0890. The number of hydrogen-bond acceptors (Lipinski definition) is 2. The fraction of sp³-hybridized carbons (Fsp3) is 0.273. The molecule has 0 amide bonds. The molecule has 2 atom stereocenters.